The summed E-state index contributed by atoms with van der Waals surface area (Å²) in [5.41, 5.74) is 4.51. The number of thiophene rings is 1. The Hall–Kier alpha value is -1.93. The van der Waals surface area contributed by atoms with Gasteiger partial charge in [-0.2, -0.15) is 0 Å². The van der Waals surface area contributed by atoms with Crippen LogP contribution in [-0.4, -0.2) is 28.6 Å². The Morgan fingerprint density at radius 1 is 1.40 bits per heavy atom. The van der Waals surface area contributed by atoms with Gasteiger partial charge in [-0.25, -0.2) is 9.59 Å². The van der Waals surface area contributed by atoms with E-state index in [9.17, 15) is 14.4 Å². The lowest BCUT2D eigenvalue weighted by atomic mass is 10.2. The summed E-state index contributed by atoms with van der Waals surface area (Å²) in [6.07, 6.45) is 0. The van der Waals surface area contributed by atoms with Crippen molar-refractivity contribution in [3.8, 4) is 0 Å². The number of anilines is 1. The lowest BCUT2D eigenvalue weighted by Crippen LogP contribution is -2.32. The van der Waals surface area contributed by atoms with E-state index in [1.807, 2.05) is 0 Å². The molecule has 0 bridgehead atoms. The molecule has 0 atom stereocenters. The summed E-state index contributed by atoms with van der Waals surface area (Å²) in [7, 11) is 0. The number of carboxylic acid groups (broad SMARTS) is 1. The average Bonchev–Trinajstić information content (AvgIpc) is 2.70. The fourth-order valence-corrected chi connectivity index (χ4v) is 2.20. The molecular weight excluding hydrogens is 284 g/mol. The minimum atomic E-state index is -1.21. The molecule has 0 saturated heterocycles. The number of carbonyl (C=O) groups excluding carboxylic acids is 2. The van der Waals surface area contributed by atoms with Gasteiger partial charge in [0.1, 0.15) is 10.6 Å². The van der Waals surface area contributed by atoms with E-state index in [2.05, 4.69) is 5.32 Å². The lowest BCUT2D eigenvalue weighted by molar-refractivity contribution is -0.161. The van der Waals surface area contributed by atoms with Gasteiger partial charge >= 0.3 is 17.8 Å². The van der Waals surface area contributed by atoms with Crippen LogP contribution in [-0.2, 0) is 20.9 Å². The van der Waals surface area contributed by atoms with Crippen LogP contribution in [0.5, 0.6) is 0 Å². The summed E-state index contributed by atoms with van der Waals surface area (Å²) in [6.45, 7) is 5.02. The van der Waals surface area contributed by atoms with Crippen molar-refractivity contribution >= 4 is 34.2 Å². The zero-order chi connectivity index (χ0) is 15.5. The van der Waals surface area contributed by atoms with Gasteiger partial charge < -0.3 is 20.9 Å². The van der Waals surface area contributed by atoms with Gasteiger partial charge in [-0.05, 0) is 26.8 Å². The summed E-state index contributed by atoms with van der Waals surface area (Å²) in [5, 5.41) is 11.3. The standard InChI is InChI=1S/C12H16N2O5S/c1-12(2,3)19-11(18)8(15)14-9-7(10(16)17)4-6(5-13)20-9/h4H,5,13H2,1-3H3,(H,14,15)(H,16,17). The molecule has 1 rings (SSSR count). The second kappa shape index (κ2) is 6.02. The first-order chi connectivity index (χ1) is 9.14. The van der Waals surface area contributed by atoms with E-state index in [0.717, 1.165) is 11.3 Å². The summed E-state index contributed by atoms with van der Waals surface area (Å²) in [4.78, 5) is 34.8. The average molecular weight is 300 g/mol. The first-order valence-electron chi connectivity index (χ1n) is 5.74. The molecule has 7 nitrogen and oxygen atoms in total. The van der Waals surface area contributed by atoms with Crippen molar-refractivity contribution in [2.75, 3.05) is 5.32 Å². The molecule has 0 aromatic carbocycles. The Morgan fingerprint density at radius 2 is 2.00 bits per heavy atom. The number of hydrogen-bond donors (Lipinski definition) is 3. The molecule has 110 valence electrons. The van der Waals surface area contributed by atoms with E-state index in [1.165, 1.54) is 6.07 Å². The number of rotatable bonds is 3. The minimum Gasteiger partial charge on any atom is -0.478 e. The monoisotopic (exact) mass is 300 g/mol. The van der Waals surface area contributed by atoms with Crippen molar-refractivity contribution in [3.05, 3.63) is 16.5 Å². The SMILES string of the molecule is CC(C)(C)OC(=O)C(=O)Nc1sc(CN)cc1C(=O)O. The Kier molecular flexibility index (Phi) is 4.85. The fourth-order valence-electron chi connectivity index (χ4n) is 1.27. The molecule has 0 fully saturated rings. The van der Waals surface area contributed by atoms with Crippen LogP contribution in [0.25, 0.3) is 0 Å². The number of aromatic carboxylic acids is 1. The molecule has 0 aliphatic heterocycles. The van der Waals surface area contributed by atoms with E-state index < -0.39 is 23.4 Å². The highest BCUT2D eigenvalue weighted by Gasteiger charge is 2.25. The quantitative estimate of drug-likeness (QED) is 0.570. The zero-order valence-corrected chi connectivity index (χ0v) is 12.2. The Morgan fingerprint density at radius 3 is 2.45 bits per heavy atom. The van der Waals surface area contributed by atoms with Gasteiger partial charge in [0, 0.05) is 11.4 Å². The molecule has 1 heterocycles. The van der Waals surface area contributed by atoms with Crippen LogP contribution in [0.15, 0.2) is 6.07 Å². The third-order valence-corrected chi connectivity index (χ3v) is 3.10. The third-order valence-electron chi connectivity index (χ3n) is 2.03. The molecule has 20 heavy (non-hydrogen) atoms. The molecule has 1 amide bonds. The molecule has 0 spiro atoms. The van der Waals surface area contributed by atoms with Crippen LogP contribution < -0.4 is 11.1 Å². The van der Waals surface area contributed by atoms with Crippen molar-refractivity contribution in [3.63, 3.8) is 0 Å². The van der Waals surface area contributed by atoms with Crippen LogP contribution in [0.3, 0.4) is 0 Å². The van der Waals surface area contributed by atoms with Gasteiger partial charge in [-0.15, -0.1) is 11.3 Å². The number of hydrogen-bond acceptors (Lipinski definition) is 6. The van der Waals surface area contributed by atoms with Gasteiger partial charge in [0.25, 0.3) is 0 Å². The zero-order valence-electron chi connectivity index (χ0n) is 11.4. The van der Waals surface area contributed by atoms with Gasteiger partial charge in [0.15, 0.2) is 0 Å². The van der Waals surface area contributed by atoms with Crippen molar-refractivity contribution in [1.29, 1.82) is 0 Å². The number of nitrogens with two attached hydrogens (primary N) is 1. The molecular formula is C12H16N2O5S. The molecule has 8 heteroatoms. The molecule has 1 aromatic rings. The van der Waals surface area contributed by atoms with Crippen LogP contribution in [0, 0.1) is 0 Å². The molecule has 4 N–H and O–H groups in total. The van der Waals surface area contributed by atoms with Gasteiger partial charge in [-0.1, -0.05) is 0 Å². The number of carbonyl (C=O) groups is 3. The second-order valence-corrected chi connectivity index (χ2v) is 6.06. The molecule has 0 saturated carbocycles. The van der Waals surface area contributed by atoms with Gasteiger partial charge in [-0.3, -0.25) is 4.79 Å². The number of amides is 1. The van der Waals surface area contributed by atoms with E-state index in [4.69, 9.17) is 15.6 Å². The topological polar surface area (TPSA) is 119 Å². The van der Waals surface area contributed by atoms with Gasteiger partial charge in [0.05, 0.1) is 5.56 Å². The highest BCUT2D eigenvalue weighted by Crippen LogP contribution is 2.28. The summed E-state index contributed by atoms with van der Waals surface area (Å²) in [6, 6.07) is 1.36. The van der Waals surface area contributed by atoms with Crippen molar-refractivity contribution in [2.45, 2.75) is 32.9 Å². The number of carboxylic acids is 1. The predicted molar refractivity (Wildman–Crippen MR) is 73.6 cm³/mol. The van der Waals surface area contributed by atoms with E-state index in [1.54, 1.807) is 20.8 Å². The van der Waals surface area contributed by atoms with Crippen LogP contribution in [0.2, 0.25) is 0 Å². The van der Waals surface area contributed by atoms with Crippen LogP contribution in [0.1, 0.15) is 36.0 Å². The van der Waals surface area contributed by atoms with Crippen molar-refractivity contribution in [2.24, 2.45) is 5.73 Å². The molecule has 0 aliphatic carbocycles. The number of nitrogens with one attached hydrogen (secondary N) is 1. The highest BCUT2D eigenvalue weighted by molar-refractivity contribution is 7.16. The Bertz CT molecular complexity index is 545. The molecule has 1 aromatic heterocycles. The van der Waals surface area contributed by atoms with Crippen LogP contribution >= 0.6 is 11.3 Å². The smallest absolute Gasteiger partial charge is 0.397 e. The van der Waals surface area contributed by atoms with Crippen molar-refractivity contribution in [1.82, 2.24) is 0 Å². The summed E-state index contributed by atoms with van der Waals surface area (Å²) in [5.74, 6) is -3.30. The lowest BCUT2D eigenvalue weighted by Gasteiger charge is -2.18. The van der Waals surface area contributed by atoms with Crippen LogP contribution in [0.4, 0.5) is 5.00 Å². The predicted octanol–water partition coefficient (Wildman–Crippen LogP) is 1.19. The molecule has 0 aliphatic rings. The maximum Gasteiger partial charge on any atom is 0.397 e. The first-order valence-corrected chi connectivity index (χ1v) is 6.56. The Balaban J connectivity index is 2.87. The van der Waals surface area contributed by atoms with Gasteiger partial charge in [0.2, 0.25) is 0 Å². The maximum atomic E-state index is 11.7. The number of esters is 1. The molecule has 0 unspecified atom stereocenters. The maximum absolute atomic E-state index is 11.7. The number of ether oxygens (including phenoxy) is 1. The fraction of sp³-hybridized carbons (Fsp3) is 0.417. The summed E-state index contributed by atoms with van der Waals surface area (Å²) < 4.78 is 4.89. The van der Waals surface area contributed by atoms with E-state index in [-0.39, 0.29) is 17.1 Å². The first kappa shape index (κ1) is 16.1. The summed E-state index contributed by atoms with van der Waals surface area (Å²) >= 11 is 1.01. The highest BCUT2D eigenvalue weighted by atomic mass is 32.1. The van der Waals surface area contributed by atoms with E-state index in [0.29, 0.717) is 4.88 Å². The Labute approximate surface area is 119 Å². The minimum absolute atomic E-state index is 0.0637. The normalized spacial score (nSPS) is 11.0. The van der Waals surface area contributed by atoms with Crippen molar-refractivity contribution < 1.29 is 24.2 Å². The molecule has 0 radical (unpaired) electrons. The largest absolute Gasteiger partial charge is 0.478 e. The third kappa shape index (κ3) is 4.32. The van der Waals surface area contributed by atoms with E-state index >= 15 is 0 Å². The second-order valence-electron chi connectivity index (χ2n) is 4.92.